The third kappa shape index (κ3) is 9.07. The predicted octanol–water partition coefficient (Wildman–Crippen LogP) is 4.27. The second-order valence-electron chi connectivity index (χ2n) is 9.44. The van der Waals surface area contributed by atoms with Crippen molar-refractivity contribution < 1.29 is 22.7 Å². The van der Waals surface area contributed by atoms with Crippen molar-refractivity contribution >= 4 is 27.5 Å². The summed E-state index contributed by atoms with van der Waals surface area (Å²) in [5.74, 6) is 0.0833. The van der Waals surface area contributed by atoms with Crippen LogP contribution in [0.25, 0.3) is 0 Å². The van der Waals surface area contributed by atoms with E-state index >= 15 is 0 Å². The molecule has 0 aliphatic carbocycles. The fourth-order valence-electron chi connectivity index (χ4n) is 4.23. The number of para-hydroxylation sites is 2. The van der Waals surface area contributed by atoms with Crippen molar-refractivity contribution in [3.05, 3.63) is 59.7 Å². The van der Waals surface area contributed by atoms with Gasteiger partial charge in [0.2, 0.25) is 21.8 Å². The van der Waals surface area contributed by atoms with E-state index in [9.17, 15) is 18.0 Å². The number of nitrogens with one attached hydrogen (secondary N) is 1. The molecule has 9 heteroatoms. The van der Waals surface area contributed by atoms with E-state index < -0.39 is 16.1 Å². The second-order valence-corrected chi connectivity index (χ2v) is 11.3. The van der Waals surface area contributed by atoms with Crippen LogP contribution in [0.2, 0.25) is 0 Å². The summed E-state index contributed by atoms with van der Waals surface area (Å²) in [6.45, 7) is 10.3. The largest absolute Gasteiger partial charge is 0.492 e. The molecule has 0 heterocycles. The molecule has 37 heavy (non-hydrogen) atoms. The van der Waals surface area contributed by atoms with Crippen LogP contribution in [0.4, 0.5) is 5.69 Å². The number of rotatable bonds is 14. The zero-order valence-corrected chi connectivity index (χ0v) is 23.7. The van der Waals surface area contributed by atoms with Gasteiger partial charge in [-0.25, -0.2) is 8.42 Å². The van der Waals surface area contributed by atoms with E-state index in [0.29, 0.717) is 37.4 Å². The molecule has 1 N–H and O–H groups in total. The number of anilines is 1. The molecule has 0 saturated heterocycles. The normalized spacial score (nSPS) is 12.2. The molecule has 0 bridgehead atoms. The Morgan fingerprint density at radius 3 is 2.35 bits per heavy atom. The minimum atomic E-state index is -3.61. The molecule has 0 fully saturated rings. The smallest absolute Gasteiger partial charge is 0.243 e. The van der Waals surface area contributed by atoms with E-state index in [1.807, 2.05) is 58.9 Å². The van der Waals surface area contributed by atoms with Crippen LogP contribution in [0.15, 0.2) is 48.5 Å². The fourth-order valence-corrected chi connectivity index (χ4v) is 5.20. The summed E-state index contributed by atoms with van der Waals surface area (Å²) in [6, 6.07) is 14.1. The Hall–Kier alpha value is -3.07. The van der Waals surface area contributed by atoms with Gasteiger partial charge in [0.15, 0.2) is 0 Å². The Morgan fingerprint density at radius 2 is 1.76 bits per heavy atom. The standard InChI is InChI=1S/C28H41N3O5S/c1-7-24(28(33)29-21(3)4)30(20-23-14-11-13-22(5)19-23)27(32)17-12-18-31(37(6,34)35)25-15-9-10-16-26(25)36-8-2/h9-11,13-16,19,21,24H,7-8,12,17-18,20H2,1-6H3,(H,29,33)/t24-/m1/s1. The topological polar surface area (TPSA) is 96.0 Å². The Bertz CT molecular complexity index is 1150. The number of nitrogens with zero attached hydrogens (tertiary/aromatic N) is 2. The average Bonchev–Trinajstić information content (AvgIpc) is 2.81. The van der Waals surface area contributed by atoms with Crippen LogP contribution in [0.1, 0.15) is 58.1 Å². The lowest BCUT2D eigenvalue weighted by Crippen LogP contribution is -2.50. The van der Waals surface area contributed by atoms with E-state index in [0.717, 1.165) is 17.4 Å². The quantitative estimate of drug-likeness (QED) is 0.393. The van der Waals surface area contributed by atoms with Gasteiger partial charge in [-0.1, -0.05) is 48.9 Å². The maximum atomic E-state index is 13.5. The Labute approximate surface area is 222 Å². The van der Waals surface area contributed by atoms with Gasteiger partial charge in [-0.3, -0.25) is 13.9 Å². The van der Waals surface area contributed by atoms with E-state index in [1.54, 1.807) is 29.2 Å². The van der Waals surface area contributed by atoms with Gasteiger partial charge in [-0.15, -0.1) is 0 Å². The molecular weight excluding hydrogens is 490 g/mol. The lowest BCUT2D eigenvalue weighted by molar-refractivity contribution is -0.141. The number of benzene rings is 2. The summed E-state index contributed by atoms with van der Waals surface area (Å²) in [6.07, 6.45) is 2.00. The Kier molecular flexibility index (Phi) is 11.4. The number of ether oxygens (including phenoxy) is 1. The van der Waals surface area contributed by atoms with Gasteiger partial charge in [0, 0.05) is 25.6 Å². The van der Waals surface area contributed by atoms with Crippen LogP contribution in [0.5, 0.6) is 5.75 Å². The van der Waals surface area contributed by atoms with Gasteiger partial charge in [0.25, 0.3) is 0 Å². The first kappa shape index (κ1) is 30.2. The molecule has 8 nitrogen and oxygen atoms in total. The highest BCUT2D eigenvalue weighted by Gasteiger charge is 2.29. The fraction of sp³-hybridized carbons (Fsp3) is 0.500. The van der Waals surface area contributed by atoms with E-state index in [4.69, 9.17) is 4.74 Å². The lowest BCUT2D eigenvalue weighted by Gasteiger charge is -2.32. The van der Waals surface area contributed by atoms with E-state index in [1.165, 1.54) is 4.31 Å². The second kappa shape index (κ2) is 14.0. The first-order chi connectivity index (χ1) is 17.5. The third-order valence-electron chi connectivity index (χ3n) is 5.84. The zero-order valence-electron chi connectivity index (χ0n) is 22.9. The van der Waals surface area contributed by atoms with Gasteiger partial charge in [0.05, 0.1) is 18.6 Å². The van der Waals surface area contributed by atoms with Crippen LogP contribution in [0.3, 0.4) is 0 Å². The van der Waals surface area contributed by atoms with Gasteiger partial charge in [-0.2, -0.15) is 0 Å². The summed E-state index contributed by atoms with van der Waals surface area (Å²) in [5.41, 5.74) is 2.45. The number of carbonyl (C=O) groups excluding carboxylic acids is 2. The van der Waals surface area contributed by atoms with Crippen molar-refractivity contribution in [2.45, 2.75) is 72.5 Å². The summed E-state index contributed by atoms with van der Waals surface area (Å²) in [7, 11) is -3.61. The highest BCUT2D eigenvalue weighted by molar-refractivity contribution is 7.92. The SMILES string of the molecule is CCOc1ccccc1N(CCCC(=O)N(Cc1cccc(C)c1)[C@H](CC)C(=O)NC(C)C)S(C)(=O)=O. The summed E-state index contributed by atoms with van der Waals surface area (Å²) in [4.78, 5) is 28.1. The Morgan fingerprint density at radius 1 is 1.05 bits per heavy atom. The lowest BCUT2D eigenvalue weighted by atomic mass is 10.1. The zero-order chi connectivity index (χ0) is 27.6. The highest BCUT2D eigenvalue weighted by atomic mass is 32.2. The van der Waals surface area contributed by atoms with E-state index in [-0.39, 0.29) is 30.8 Å². The molecule has 0 aliphatic rings. The average molecular weight is 532 g/mol. The number of sulfonamides is 1. The molecule has 2 aromatic rings. The van der Waals surface area contributed by atoms with Gasteiger partial charge < -0.3 is 15.0 Å². The van der Waals surface area contributed by atoms with Crippen molar-refractivity contribution in [1.82, 2.24) is 10.2 Å². The molecule has 0 aliphatic heterocycles. The van der Waals surface area contributed by atoms with Crippen molar-refractivity contribution in [2.24, 2.45) is 0 Å². The van der Waals surface area contributed by atoms with Crippen molar-refractivity contribution in [1.29, 1.82) is 0 Å². The van der Waals surface area contributed by atoms with Crippen LogP contribution in [-0.2, 0) is 26.2 Å². The van der Waals surface area contributed by atoms with Gasteiger partial charge >= 0.3 is 0 Å². The van der Waals surface area contributed by atoms with Gasteiger partial charge in [-0.05, 0) is 58.2 Å². The number of aryl methyl sites for hydroxylation is 1. The maximum absolute atomic E-state index is 13.5. The van der Waals surface area contributed by atoms with Crippen LogP contribution in [0, 0.1) is 6.92 Å². The molecule has 2 rings (SSSR count). The molecule has 0 aromatic heterocycles. The van der Waals surface area contributed by atoms with Crippen LogP contribution in [-0.4, -0.2) is 56.6 Å². The molecule has 0 spiro atoms. The minimum absolute atomic E-state index is 0.0498. The first-order valence-electron chi connectivity index (χ1n) is 12.8. The summed E-state index contributed by atoms with van der Waals surface area (Å²) < 4.78 is 32.2. The van der Waals surface area contributed by atoms with Crippen molar-refractivity contribution in [3.63, 3.8) is 0 Å². The number of hydrogen-bond acceptors (Lipinski definition) is 5. The molecule has 0 unspecified atom stereocenters. The molecule has 0 saturated carbocycles. The molecule has 1 atom stereocenters. The highest BCUT2D eigenvalue weighted by Crippen LogP contribution is 2.30. The monoisotopic (exact) mass is 531 g/mol. The number of amides is 2. The molecular formula is C28H41N3O5S. The molecule has 204 valence electrons. The van der Waals surface area contributed by atoms with E-state index in [2.05, 4.69) is 5.32 Å². The molecule has 0 radical (unpaired) electrons. The van der Waals surface area contributed by atoms with Crippen LogP contribution >= 0.6 is 0 Å². The minimum Gasteiger partial charge on any atom is -0.492 e. The predicted molar refractivity (Wildman–Crippen MR) is 148 cm³/mol. The molecule has 2 aromatic carbocycles. The number of hydrogen-bond donors (Lipinski definition) is 1. The summed E-state index contributed by atoms with van der Waals surface area (Å²) in [5, 5.41) is 2.93. The summed E-state index contributed by atoms with van der Waals surface area (Å²) >= 11 is 0. The third-order valence-corrected chi connectivity index (χ3v) is 7.02. The number of carbonyl (C=O) groups is 2. The van der Waals surface area contributed by atoms with Gasteiger partial charge in [0.1, 0.15) is 11.8 Å². The van der Waals surface area contributed by atoms with Crippen LogP contribution < -0.4 is 14.4 Å². The molecule has 2 amide bonds. The van der Waals surface area contributed by atoms with Crippen molar-refractivity contribution in [2.75, 3.05) is 23.7 Å². The maximum Gasteiger partial charge on any atom is 0.243 e. The Balaban J connectivity index is 2.25. The first-order valence-corrected chi connectivity index (χ1v) is 14.7. The van der Waals surface area contributed by atoms with Crippen molar-refractivity contribution in [3.8, 4) is 5.75 Å².